The van der Waals surface area contributed by atoms with Gasteiger partial charge in [0.15, 0.2) is 0 Å². The summed E-state index contributed by atoms with van der Waals surface area (Å²) >= 11 is 0. The number of benzene rings is 2. The highest BCUT2D eigenvalue weighted by Crippen LogP contribution is 2.31. The zero-order valence-corrected chi connectivity index (χ0v) is 14.2. The fourth-order valence-corrected chi connectivity index (χ4v) is 2.45. The van der Waals surface area contributed by atoms with Gasteiger partial charge in [0.2, 0.25) is 0 Å². The number of methoxy groups -OCH3 is 1. The van der Waals surface area contributed by atoms with E-state index in [0.29, 0.717) is 22.3 Å². The molecule has 0 bridgehead atoms. The van der Waals surface area contributed by atoms with Gasteiger partial charge in [0.05, 0.1) is 20.1 Å². The molecule has 2 N–H and O–H groups in total. The van der Waals surface area contributed by atoms with Gasteiger partial charge in [-0.2, -0.15) is 0 Å². The number of nitrogens with zero attached hydrogens (tertiary/aromatic N) is 1. The minimum Gasteiger partial charge on any atom is -0.507 e. The van der Waals surface area contributed by atoms with Crippen LogP contribution in [0.1, 0.15) is 15.9 Å². The average molecular weight is 343 g/mol. The molecule has 0 aliphatic rings. The van der Waals surface area contributed by atoms with Gasteiger partial charge in [-0.3, -0.25) is 9.59 Å². The van der Waals surface area contributed by atoms with Crippen molar-refractivity contribution >= 4 is 11.9 Å². The van der Waals surface area contributed by atoms with E-state index in [4.69, 9.17) is 5.11 Å². The first-order chi connectivity index (χ1) is 12.0. The van der Waals surface area contributed by atoms with Crippen molar-refractivity contribution in [1.29, 1.82) is 0 Å². The van der Waals surface area contributed by atoms with Crippen LogP contribution in [0.2, 0.25) is 0 Å². The molecule has 6 heteroatoms. The maximum Gasteiger partial charge on any atom is 0.309 e. The van der Waals surface area contributed by atoms with Gasteiger partial charge in [-0.25, -0.2) is 0 Å². The van der Waals surface area contributed by atoms with E-state index in [2.05, 4.69) is 4.74 Å². The van der Waals surface area contributed by atoms with Crippen LogP contribution >= 0.6 is 0 Å². The summed E-state index contributed by atoms with van der Waals surface area (Å²) in [5.41, 5.74) is 2.34. The number of hydrogen-bond acceptors (Lipinski definition) is 5. The molecule has 0 unspecified atom stereocenters. The molecule has 0 saturated carbocycles. The Hall–Kier alpha value is -2.86. The average Bonchev–Trinajstić information content (AvgIpc) is 2.62. The number of amides is 1. The van der Waals surface area contributed by atoms with E-state index < -0.39 is 0 Å². The number of carbonyl (C=O) groups is 2. The van der Waals surface area contributed by atoms with Gasteiger partial charge in [-0.15, -0.1) is 0 Å². The fourth-order valence-electron chi connectivity index (χ4n) is 2.45. The van der Waals surface area contributed by atoms with Crippen LogP contribution in [-0.4, -0.2) is 54.3 Å². The molecule has 2 aromatic rings. The van der Waals surface area contributed by atoms with E-state index >= 15 is 0 Å². The maximum atomic E-state index is 12.3. The Kier molecular flexibility index (Phi) is 6.14. The van der Waals surface area contributed by atoms with Crippen LogP contribution < -0.4 is 0 Å². The number of aliphatic hydroxyl groups excluding tert-OH is 1. The minimum atomic E-state index is -0.369. The molecule has 0 fully saturated rings. The molecule has 0 spiro atoms. The summed E-state index contributed by atoms with van der Waals surface area (Å²) in [6, 6.07) is 11.7. The predicted molar refractivity (Wildman–Crippen MR) is 93.3 cm³/mol. The van der Waals surface area contributed by atoms with Crippen molar-refractivity contribution in [2.45, 2.75) is 6.42 Å². The van der Waals surface area contributed by atoms with E-state index in [-0.39, 0.29) is 37.2 Å². The molecular formula is C19H21NO5. The highest BCUT2D eigenvalue weighted by atomic mass is 16.5. The molecule has 0 saturated heterocycles. The second kappa shape index (κ2) is 8.30. The SMILES string of the molecule is COC(=O)Cc1ccc(O)c(-c2cccc(C(=O)N(C)CCO)c2)c1. The third-order valence-electron chi connectivity index (χ3n) is 3.84. The lowest BCUT2D eigenvalue weighted by molar-refractivity contribution is -0.139. The Balaban J connectivity index is 2.35. The van der Waals surface area contributed by atoms with Crippen LogP contribution in [0.15, 0.2) is 42.5 Å². The third kappa shape index (κ3) is 4.58. The number of hydrogen-bond donors (Lipinski definition) is 2. The lowest BCUT2D eigenvalue weighted by atomic mass is 9.98. The molecule has 6 nitrogen and oxygen atoms in total. The van der Waals surface area contributed by atoms with Gasteiger partial charge in [0.25, 0.3) is 5.91 Å². The molecule has 25 heavy (non-hydrogen) atoms. The molecule has 0 aromatic heterocycles. The number of likely N-dealkylation sites (N-methyl/N-ethyl adjacent to an activating group) is 1. The standard InChI is InChI=1S/C19H21NO5/c1-20(8-9-21)19(24)15-5-3-4-14(12-15)16-10-13(6-7-17(16)22)11-18(23)25-2/h3-7,10,12,21-22H,8-9,11H2,1-2H3. The number of esters is 1. The lowest BCUT2D eigenvalue weighted by Gasteiger charge is -2.16. The van der Waals surface area contributed by atoms with E-state index in [1.165, 1.54) is 18.1 Å². The zero-order chi connectivity index (χ0) is 18.4. The van der Waals surface area contributed by atoms with Crippen molar-refractivity contribution in [2.24, 2.45) is 0 Å². The Morgan fingerprint density at radius 3 is 2.60 bits per heavy atom. The van der Waals surface area contributed by atoms with Crippen molar-refractivity contribution in [3.63, 3.8) is 0 Å². The largest absolute Gasteiger partial charge is 0.507 e. The van der Waals surface area contributed by atoms with Crippen LogP contribution in [0.3, 0.4) is 0 Å². The molecule has 0 aliphatic heterocycles. The summed E-state index contributed by atoms with van der Waals surface area (Å²) in [5.74, 6) is -0.533. The van der Waals surface area contributed by atoms with Gasteiger partial charge < -0.3 is 19.8 Å². The second-order valence-electron chi connectivity index (χ2n) is 5.64. The summed E-state index contributed by atoms with van der Waals surface area (Å²) in [6.07, 6.45) is 0.0988. The summed E-state index contributed by atoms with van der Waals surface area (Å²) < 4.78 is 4.66. The van der Waals surface area contributed by atoms with E-state index in [1.54, 1.807) is 43.4 Å². The highest BCUT2D eigenvalue weighted by Gasteiger charge is 2.14. The Labute approximate surface area is 146 Å². The van der Waals surface area contributed by atoms with Gasteiger partial charge in [-0.1, -0.05) is 18.2 Å². The lowest BCUT2D eigenvalue weighted by Crippen LogP contribution is -2.29. The molecule has 132 valence electrons. The number of rotatable bonds is 6. The first-order valence-electron chi connectivity index (χ1n) is 7.81. The molecular weight excluding hydrogens is 322 g/mol. The molecule has 0 radical (unpaired) electrons. The number of ether oxygens (including phenoxy) is 1. The van der Waals surface area contributed by atoms with Crippen molar-refractivity contribution < 1.29 is 24.5 Å². The quantitative estimate of drug-likeness (QED) is 0.782. The molecule has 0 heterocycles. The molecule has 2 aromatic carbocycles. The Morgan fingerprint density at radius 2 is 1.92 bits per heavy atom. The first-order valence-corrected chi connectivity index (χ1v) is 7.81. The van der Waals surface area contributed by atoms with Crippen LogP contribution in [0, 0.1) is 0 Å². The first kappa shape index (κ1) is 18.5. The predicted octanol–water partition coefficient (Wildman–Crippen LogP) is 1.84. The maximum absolute atomic E-state index is 12.3. The summed E-state index contributed by atoms with van der Waals surface area (Å²) in [7, 11) is 2.93. The Morgan fingerprint density at radius 1 is 1.16 bits per heavy atom. The van der Waals surface area contributed by atoms with E-state index in [1.807, 2.05) is 0 Å². The zero-order valence-electron chi connectivity index (χ0n) is 14.2. The van der Waals surface area contributed by atoms with Gasteiger partial charge in [0.1, 0.15) is 5.75 Å². The summed E-state index contributed by atoms with van der Waals surface area (Å²) in [6.45, 7) is 0.126. The smallest absolute Gasteiger partial charge is 0.309 e. The van der Waals surface area contributed by atoms with Crippen molar-refractivity contribution in [1.82, 2.24) is 4.90 Å². The van der Waals surface area contributed by atoms with E-state index in [9.17, 15) is 14.7 Å². The minimum absolute atomic E-state index is 0.0573. The number of aliphatic hydroxyl groups is 1. The van der Waals surface area contributed by atoms with Gasteiger partial charge in [0, 0.05) is 24.7 Å². The third-order valence-corrected chi connectivity index (χ3v) is 3.84. The van der Waals surface area contributed by atoms with Crippen molar-refractivity contribution in [3.05, 3.63) is 53.6 Å². The van der Waals surface area contributed by atoms with Gasteiger partial charge >= 0.3 is 5.97 Å². The number of phenols is 1. The normalized spacial score (nSPS) is 10.4. The van der Waals surface area contributed by atoms with Crippen LogP contribution in [-0.2, 0) is 16.0 Å². The van der Waals surface area contributed by atoms with Crippen molar-refractivity contribution in [2.75, 3.05) is 27.3 Å². The van der Waals surface area contributed by atoms with Crippen LogP contribution in [0.4, 0.5) is 0 Å². The van der Waals surface area contributed by atoms with Crippen molar-refractivity contribution in [3.8, 4) is 16.9 Å². The Bertz CT molecular complexity index is 772. The van der Waals surface area contributed by atoms with Crippen LogP contribution in [0.5, 0.6) is 5.75 Å². The fraction of sp³-hybridized carbons (Fsp3) is 0.263. The highest BCUT2D eigenvalue weighted by molar-refractivity contribution is 5.95. The number of aromatic hydroxyl groups is 1. The monoisotopic (exact) mass is 343 g/mol. The van der Waals surface area contributed by atoms with Gasteiger partial charge in [-0.05, 0) is 35.4 Å². The second-order valence-corrected chi connectivity index (χ2v) is 5.64. The summed E-state index contributed by atoms with van der Waals surface area (Å²) in [5, 5.41) is 19.1. The molecule has 2 rings (SSSR count). The number of phenolic OH excluding ortho intramolecular Hbond substituents is 1. The molecule has 0 atom stereocenters. The summed E-state index contributed by atoms with van der Waals surface area (Å²) in [4.78, 5) is 25.2. The molecule has 1 amide bonds. The number of carbonyl (C=O) groups excluding carboxylic acids is 2. The molecule has 0 aliphatic carbocycles. The van der Waals surface area contributed by atoms with E-state index in [0.717, 1.165) is 0 Å². The van der Waals surface area contributed by atoms with Crippen LogP contribution in [0.25, 0.3) is 11.1 Å². The topological polar surface area (TPSA) is 87.1 Å².